The number of hydrogen-bond donors (Lipinski definition) is 1. The first kappa shape index (κ1) is 16.8. The summed E-state index contributed by atoms with van der Waals surface area (Å²) in [5.41, 5.74) is 5.65. The minimum Gasteiger partial charge on any atom is -0.292 e. The zero-order valence-electron chi connectivity index (χ0n) is 13.7. The summed E-state index contributed by atoms with van der Waals surface area (Å²) in [6.45, 7) is 3.46. The summed E-state index contributed by atoms with van der Waals surface area (Å²) in [5.74, 6) is -0.174. The highest BCUT2D eigenvalue weighted by atomic mass is 32.2. The van der Waals surface area contributed by atoms with Crippen LogP contribution in [0.25, 0.3) is 5.69 Å². The van der Waals surface area contributed by atoms with Gasteiger partial charge in [0.15, 0.2) is 10.8 Å². The average Bonchev–Trinajstić information content (AvgIpc) is 3.08. The number of anilines is 1. The number of carbonyl (C=O) groups is 1. The topological polar surface area (TPSA) is 85.1 Å². The maximum Gasteiger partial charge on any atom is 0.220 e. The van der Waals surface area contributed by atoms with Crippen molar-refractivity contribution in [2.75, 3.05) is 5.43 Å². The van der Waals surface area contributed by atoms with Gasteiger partial charge in [-0.2, -0.15) is 9.78 Å². The number of aromatic nitrogens is 4. The molecule has 0 fully saturated rings. The van der Waals surface area contributed by atoms with Crippen molar-refractivity contribution in [3.63, 3.8) is 0 Å². The molecule has 0 saturated carbocycles. The number of aryl methyl sites for hydroxylation is 1. The number of rotatable bonds is 5. The van der Waals surface area contributed by atoms with Gasteiger partial charge in [0.25, 0.3) is 0 Å². The van der Waals surface area contributed by atoms with E-state index in [0.717, 1.165) is 28.7 Å². The van der Waals surface area contributed by atoms with Gasteiger partial charge in [-0.15, -0.1) is 5.10 Å². The normalized spacial score (nSPS) is 11.4. The van der Waals surface area contributed by atoms with Gasteiger partial charge < -0.3 is 0 Å². The third-order valence-electron chi connectivity index (χ3n) is 3.27. The lowest BCUT2D eigenvalue weighted by Gasteiger charge is -2.06. The molecule has 0 aliphatic heterocycles. The van der Waals surface area contributed by atoms with E-state index in [1.165, 1.54) is 6.92 Å². The third-order valence-corrected chi connectivity index (χ3v) is 4.28. The van der Waals surface area contributed by atoms with Crippen molar-refractivity contribution in [3.8, 4) is 5.69 Å². The Kier molecular flexibility index (Phi) is 5.20. The van der Waals surface area contributed by atoms with Crippen LogP contribution >= 0.6 is 11.8 Å². The molecule has 0 saturated heterocycles. The molecule has 0 unspecified atom stereocenters. The number of hydrogen-bond acceptors (Lipinski definition) is 7. The van der Waals surface area contributed by atoms with E-state index in [4.69, 9.17) is 0 Å². The van der Waals surface area contributed by atoms with E-state index in [2.05, 4.69) is 26.1 Å². The number of para-hydroxylation sites is 1. The number of ketones is 1. The zero-order chi connectivity index (χ0) is 17.6. The summed E-state index contributed by atoms with van der Waals surface area (Å²) in [7, 11) is 0. The lowest BCUT2D eigenvalue weighted by atomic mass is 10.2. The first-order chi connectivity index (χ1) is 12.1. The van der Waals surface area contributed by atoms with Crippen LogP contribution in [0.2, 0.25) is 0 Å². The van der Waals surface area contributed by atoms with Crippen molar-refractivity contribution in [3.05, 3.63) is 60.2 Å². The summed E-state index contributed by atoms with van der Waals surface area (Å²) in [5, 5.41) is 16.6. The maximum absolute atomic E-state index is 11.9. The number of Topliss-reactive ketones (excluding diaryl/α,β-unsaturated/α-hetero) is 1. The second-order valence-electron chi connectivity index (χ2n) is 5.26. The highest BCUT2D eigenvalue weighted by Gasteiger charge is 2.16. The summed E-state index contributed by atoms with van der Waals surface area (Å²) < 4.78 is 1.56. The van der Waals surface area contributed by atoms with Gasteiger partial charge in [0, 0.05) is 6.92 Å². The van der Waals surface area contributed by atoms with Crippen LogP contribution in [0.3, 0.4) is 0 Å². The molecule has 1 N–H and O–H groups in total. The van der Waals surface area contributed by atoms with Gasteiger partial charge in [0.05, 0.1) is 11.4 Å². The van der Waals surface area contributed by atoms with Crippen LogP contribution in [0.1, 0.15) is 12.5 Å². The van der Waals surface area contributed by atoms with Gasteiger partial charge in [0.1, 0.15) is 0 Å². The fourth-order valence-electron chi connectivity index (χ4n) is 1.98. The van der Waals surface area contributed by atoms with Gasteiger partial charge in [-0.05, 0) is 53.4 Å². The number of thioether (sulfide) groups is 1. The fraction of sp³-hybridized carbons (Fsp3) is 0.118. The van der Waals surface area contributed by atoms with E-state index in [1.54, 1.807) is 4.68 Å². The fourth-order valence-corrected chi connectivity index (χ4v) is 2.69. The van der Waals surface area contributed by atoms with Crippen LogP contribution in [0.4, 0.5) is 5.69 Å². The van der Waals surface area contributed by atoms with Crippen molar-refractivity contribution in [1.82, 2.24) is 20.2 Å². The highest BCUT2D eigenvalue weighted by Crippen LogP contribution is 2.20. The molecule has 3 rings (SSSR count). The summed E-state index contributed by atoms with van der Waals surface area (Å²) in [6.07, 6.45) is 0. The molecule has 0 bridgehead atoms. The zero-order valence-corrected chi connectivity index (χ0v) is 14.6. The van der Waals surface area contributed by atoms with Gasteiger partial charge in [-0.1, -0.05) is 35.9 Å². The van der Waals surface area contributed by atoms with E-state index in [-0.39, 0.29) is 10.8 Å². The summed E-state index contributed by atoms with van der Waals surface area (Å²) in [6, 6.07) is 17.2. The average molecular weight is 352 g/mol. The number of tetrazole rings is 1. The summed E-state index contributed by atoms with van der Waals surface area (Å²) in [4.78, 5) is 11.9. The van der Waals surface area contributed by atoms with Crippen molar-refractivity contribution >= 4 is 28.3 Å². The molecule has 3 aromatic rings. The molecule has 0 amide bonds. The lowest BCUT2D eigenvalue weighted by molar-refractivity contribution is -0.110. The molecule has 2 aromatic carbocycles. The van der Waals surface area contributed by atoms with Crippen molar-refractivity contribution in [2.24, 2.45) is 5.10 Å². The molecule has 0 radical (unpaired) electrons. The monoisotopic (exact) mass is 352 g/mol. The number of hydrazone groups is 1. The minimum absolute atomic E-state index is 0.174. The molecule has 0 atom stereocenters. The molecule has 126 valence electrons. The van der Waals surface area contributed by atoms with Crippen LogP contribution < -0.4 is 5.43 Å². The molecular weight excluding hydrogens is 336 g/mol. The van der Waals surface area contributed by atoms with E-state index >= 15 is 0 Å². The molecule has 1 aromatic heterocycles. The molecule has 8 heteroatoms. The van der Waals surface area contributed by atoms with E-state index in [1.807, 2.05) is 61.5 Å². The van der Waals surface area contributed by atoms with Crippen LogP contribution in [-0.4, -0.2) is 31.0 Å². The SMILES string of the molecule is CC(=O)/C(=N\Nc1ccc(C)cc1)Sc1nnnn1-c1ccccc1. The minimum atomic E-state index is -0.174. The van der Waals surface area contributed by atoms with Gasteiger partial charge in [0.2, 0.25) is 5.16 Å². The highest BCUT2D eigenvalue weighted by molar-refractivity contribution is 8.15. The van der Waals surface area contributed by atoms with Crippen molar-refractivity contribution in [2.45, 2.75) is 19.0 Å². The number of nitrogens with zero attached hydrogens (tertiary/aromatic N) is 5. The van der Waals surface area contributed by atoms with Crippen molar-refractivity contribution in [1.29, 1.82) is 0 Å². The van der Waals surface area contributed by atoms with E-state index in [9.17, 15) is 4.79 Å². The van der Waals surface area contributed by atoms with Gasteiger partial charge >= 0.3 is 0 Å². The molecule has 0 aliphatic carbocycles. The molecule has 0 spiro atoms. The Hall–Kier alpha value is -3.00. The van der Waals surface area contributed by atoms with Crippen LogP contribution in [0.15, 0.2) is 64.9 Å². The number of benzene rings is 2. The van der Waals surface area contributed by atoms with Crippen LogP contribution in [0, 0.1) is 6.92 Å². The van der Waals surface area contributed by atoms with Gasteiger partial charge in [-0.25, -0.2) is 0 Å². The number of nitrogens with one attached hydrogen (secondary N) is 1. The quantitative estimate of drug-likeness (QED) is 0.329. The Morgan fingerprint density at radius 3 is 2.52 bits per heavy atom. The van der Waals surface area contributed by atoms with Gasteiger partial charge in [-0.3, -0.25) is 10.2 Å². The van der Waals surface area contributed by atoms with Crippen molar-refractivity contribution < 1.29 is 4.79 Å². The molecular formula is C17H16N6OS. The standard InChI is InChI=1S/C17H16N6OS/c1-12-8-10-14(11-9-12)18-19-16(13(2)24)25-17-20-21-22-23(17)15-6-4-3-5-7-15/h3-11,18H,1-2H3/b19-16+. The first-order valence-corrected chi connectivity index (χ1v) is 8.38. The Labute approximate surface area is 149 Å². The Morgan fingerprint density at radius 1 is 1.12 bits per heavy atom. The second kappa shape index (κ2) is 7.71. The molecule has 7 nitrogen and oxygen atoms in total. The predicted molar refractivity (Wildman–Crippen MR) is 97.9 cm³/mol. The van der Waals surface area contributed by atoms with E-state index < -0.39 is 0 Å². The predicted octanol–water partition coefficient (Wildman–Crippen LogP) is 3.08. The summed E-state index contributed by atoms with van der Waals surface area (Å²) >= 11 is 1.11. The third kappa shape index (κ3) is 4.30. The Bertz CT molecular complexity index is 889. The Morgan fingerprint density at radius 2 is 1.84 bits per heavy atom. The lowest BCUT2D eigenvalue weighted by Crippen LogP contribution is -2.10. The smallest absolute Gasteiger partial charge is 0.220 e. The first-order valence-electron chi connectivity index (χ1n) is 7.56. The molecule has 25 heavy (non-hydrogen) atoms. The molecule has 1 heterocycles. The number of carbonyl (C=O) groups excluding carboxylic acids is 1. The largest absolute Gasteiger partial charge is 0.292 e. The molecule has 0 aliphatic rings. The van der Waals surface area contributed by atoms with Crippen LogP contribution in [-0.2, 0) is 4.79 Å². The van der Waals surface area contributed by atoms with Crippen LogP contribution in [0.5, 0.6) is 0 Å². The maximum atomic E-state index is 11.9. The Balaban J connectivity index is 1.81. The van der Waals surface area contributed by atoms with E-state index in [0.29, 0.717) is 5.16 Å². The second-order valence-corrected chi connectivity index (χ2v) is 6.22.